The van der Waals surface area contributed by atoms with Crippen LogP contribution in [0.2, 0.25) is 0 Å². The first-order chi connectivity index (χ1) is 12.8. The van der Waals surface area contributed by atoms with E-state index in [1.165, 1.54) is 57.2 Å². The average Bonchev–Trinajstić information content (AvgIpc) is 3.38. The average molecular weight is 482 g/mol. The number of rotatable bonds is 7. The molecular weight excluding hydrogens is 447 g/mol. The molecule has 1 unspecified atom stereocenters. The summed E-state index contributed by atoms with van der Waals surface area (Å²) >= 11 is 0. The summed E-state index contributed by atoms with van der Waals surface area (Å²) < 4.78 is 0. The van der Waals surface area contributed by atoms with Gasteiger partial charge in [0.05, 0.1) is 6.54 Å². The maximum absolute atomic E-state index is 4.99. The summed E-state index contributed by atoms with van der Waals surface area (Å²) in [7, 11) is 0. The number of nitrogens with one attached hydrogen (secondary N) is 2. The molecule has 2 saturated carbocycles. The Morgan fingerprint density at radius 2 is 1.93 bits per heavy atom. The molecule has 1 heterocycles. The number of hydrogen-bond acceptors (Lipinski definition) is 2. The Bertz CT molecular complexity index is 610. The molecule has 27 heavy (non-hydrogen) atoms. The van der Waals surface area contributed by atoms with Gasteiger partial charge in [0, 0.05) is 31.1 Å². The highest BCUT2D eigenvalue weighted by Gasteiger charge is 2.38. The zero-order chi connectivity index (χ0) is 17.8. The first kappa shape index (κ1) is 20.9. The second-order valence-corrected chi connectivity index (χ2v) is 8.46. The highest BCUT2D eigenvalue weighted by atomic mass is 127. The predicted molar refractivity (Wildman–Crippen MR) is 124 cm³/mol. The van der Waals surface area contributed by atoms with Gasteiger partial charge in [0.15, 0.2) is 5.96 Å². The number of benzene rings is 1. The van der Waals surface area contributed by atoms with Gasteiger partial charge >= 0.3 is 0 Å². The van der Waals surface area contributed by atoms with Crippen molar-refractivity contribution < 1.29 is 0 Å². The minimum Gasteiger partial charge on any atom is -0.357 e. The third-order valence-electron chi connectivity index (χ3n) is 6.52. The smallest absolute Gasteiger partial charge is 0.191 e. The lowest BCUT2D eigenvalue weighted by molar-refractivity contribution is 0.253. The van der Waals surface area contributed by atoms with E-state index < -0.39 is 0 Å². The molecule has 1 atom stereocenters. The lowest BCUT2D eigenvalue weighted by Crippen LogP contribution is -2.43. The van der Waals surface area contributed by atoms with Crippen molar-refractivity contribution in [1.29, 1.82) is 0 Å². The van der Waals surface area contributed by atoms with Crippen LogP contribution >= 0.6 is 24.0 Å². The van der Waals surface area contributed by atoms with Crippen LogP contribution in [0.5, 0.6) is 0 Å². The van der Waals surface area contributed by atoms with Gasteiger partial charge in [-0.3, -0.25) is 4.99 Å². The van der Waals surface area contributed by atoms with E-state index in [-0.39, 0.29) is 29.4 Å². The summed E-state index contributed by atoms with van der Waals surface area (Å²) in [6, 6.07) is 11.9. The fraction of sp³-hybridized carbons (Fsp3) is 0.682. The monoisotopic (exact) mass is 482 g/mol. The van der Waals surface area contributed by atoms with Gasteiger partial charge in [0.25, 0.3) is 0 Å². The third kappa shape index (κ3) is 5.17. The summed E-state index contributed by atoms with van der Waals surface area (Å²) in [5.74, 6) is 1.77. The van der Waals surface area contributed by atoms with Gasteiger partial charge in [-0.1, -0.05) is 36.8 Å². The summed E-state index contributed by atoms with van der Waals surface area (Å²) in [5, 5.41) is 7.08. The molecular formula is C22H35IN4. The first-order valence-electron chi connectivity index (χ1n) is 10.6. The van der Waals surface area contributed by atoms with E-state index in [0.717, 1.165) is 37.6 Å². The molecule has 3 fully saturated rings. The predicted octanol–water partition coefficient (Wildman–Crippen LogP) is 3.77. The Morgan fingerprint density at radius 1 is 1.15 bits per heavy atom. The number of aliphatic imine (C=N–C) groups is 1. The van der Waals surface area contributed by atoms with Crippen molar-refractivity contribution in [3.8, 4) is 0 Å². The third-order valence-corrected chi connectivity index (χ3v) is 6.52. The van der Waals surface area contributed by atoms with E-state index >= 15 is 0 Å². The molecule has 3 aliphatic rings. The molecule has 150 valence electrons. The van der Waals surface area contributed by atoms with Gasteiger partial charge in [0.2, 0.25) is 0 Å². The Morgan fingerprint density at radius 3 is 2.56 bits per heavy atom. The highest BCUT2D eigenvalue weighted by Crippen LogP contribution is 2.43. The summed E-state index contributed by atoms with van der Waals surface area (Å²) in [6.07, 6.45) is 8.03. The van der Waals surface area contributed by atoms with E-state index in [2.05, 4.69) is 52.8 Å². The molecule has 0 radical (unpaired) electrons. The van der Waals surface area contributed by atoms with Crippen LogP contribution in [0, 0.1) is 5.92 Å². The van der Waals surface area contributed by atoms with Crippen molar-refractivity contribution in [2.24, 2.45) is 10.9 Å². The lowest BCUT2D eigenvalue weighted by atomic mass is 9.64. The maximum Gasteiger partial charge on any atom is 0.191 e. The van der Waals surface area contributed by atoms with Crippen molar-refractivity contribution in [3.63, 3.8) is 0 Å². The van der Waals surface area contributed by atoms with Gasteiger partial charge in [-0.25, -0.2) is 0 Å². The molecule has 1 saturated heterocycles. The normalized spacial score (nSPS) is 24.8. The highest BCUT2D eigenvalue weighted by molar-refractivity contribution is 14.0. The molecule has 0 spiro atoms. The van der Waals surface area contributed by atoms with Crippen molar-refractivity contribution >= 4 is 29.9 Å². The maximum atomic E-state index is 4.99. The number of likely N-dealkylation sites (tertiary alicyclic amines) is 1. The first-order valence-corrected chi connectivity index (χ1v) is 10.6. The van der Waals surface area contributed by atoms with Crippen LogP contribution in [0.3, 0.4) is 0 Å². The van der Waals surface area contributed by atoms with Crippen LogP contribution in [-0.2, 0) is 5.41 Å². The molecule has 0 bridgehead atoms. The zero-order valence-electron chi connectivity index (χ0n) is 16.6. The molecule has 2 N–H and O–H groups in total. The molecule has 5 heteroatoms. The fourth-order valence-electron chi connectivity index (χ4n) is 4.55. The number of halogens is 1. The van der Waals surface area contributed by atoms with Gasteiger partial charge in [0.1, 0.15) is 0 Å². The van der Waals surface area contributed by atoms with E-state index in [1.807, 2.05) is 0 Å². The van der Waals surface area contributed by atoms with E-state index in [9.17, 15) is 0 Å². The Balaban J connectivity index is 0.00000210. The van der Waals surface area contributed by atoms with E-state index in [4.69, 9.17) is 4.99 Å². The number of hydrogen-bond donors (Lipinski definition) is 2. The van der Waals surface area contributed by atoms with Crippen molar-refractivity contribution in [2.75, 3.05) is 32.7 Å². The zero-order valence-corrected chi connectivity index (χ0v) is 19.0. The molecule has 0 amide bonds. The SMILES string of the molecule is CCNC(=NCC1(c2ccccc2)CCC1)NCC1CCN(C2CC2)C1.I. The van der Waals surface area contributed by atoms with Crippen LogP contribution in [-0.4, -0.2) is 49.6 Å². The molecule has 1 aliphatic heterocycles. The molecule has 1 aromatic rings. The van der Waals surface area contributed by atoms with Gasteiger partial charge in [-0.15, -0.1) is 24.0 Å². The van der Waals surface area contributed by atoms with Gasteiger partial charge < -0.3 is 15.5 Å². The minimum atomic E-state index is 0. The Hall–Kier alpha value is -0.820. The van der Waals surface area contributed by atoms with E-state index in [0.29, 0.717) is 0 Å². The molecule has 1 aromatic carbocycles. The molecule has 0 aromatic heterocycles. The van der Waals surface area contributed by atoms with Crippen LogP contribution in [0.15, 0.2) is 35.3 Å². The number of guanidine groups is 1. The summed E-state index contributed by atoms with van der Waals surface area (Å²) in [5.41, 5.74) is 1.72. The minimum absolute atomic E-state index is 0. The van der Waals surface area contributed by atoms with Gasteiger partial charge in [-0.05, 0) is 57.1 Å². The van der Waals surface area contributed by atoms with Crippen molar-refractivity contribution in [3.05, 3.63) is 35.9 Å². The quantitative estimate of drug-likeness (QED) is 0.353. The fourth-order valence-corrected chi connectivity index (χ4v) is 4.55. The summed E-state index contributed by atoms with van der Waals surface area (Å²) in [4.78, 5) is 7.68. The Labute approximate surface area is 181 Å². The number of nitrogens with zero attached hydrogens (tertiary/aromatic N) is 2. The summed E-state index contributed by atoms with van der Waals surface area (Å²) in [6.45, 7) is 7.58. The van der Waals surface area contributed by atoms with Crippen molar-refractivity contribution in [2.45, 2.75) is 56.9 Å². The van der Waals surface area contributed by atoms with Crippen LogP contribution in [0.1, 0.15) is 51.0 Å². The standard InChI is InChI=1S/C22H34N4.HI/c1-2-23-21(24-15-18-11-14-26(16-18)20-9-10-20)25-17-22(12-6-13-22)19-7-4-3-5-8-19;/h3-5,7-8,18,20H,2,6,9-17H2,1H3,(H2,23,24,25);1H. The van der Waals surface area contributed by atoms with Crippen LogP contribution in [0.25, 0.3) is 0 Å². The van der Waals surface area contributed by atoms with E-state index in [1.54, 1.807) is 0 Å². The molecule has 2 aliphatic carbocycles. The topological polar surface area (TPSA) is 39.7 Å². The van der Waals surface area contributed by atoms with Gasteiger partial charge in [-0.2, -0.15) is 0 Å². The van der Waals surface area contributed by atoms with Crippen LogP contribution in [0.4, 0.5) is 0 Å². The second kappa shape index (κ2) is 9.59. The lowest BCUT2D eigenvalue weighted by Gasteiger charge is -2.41. The largest absolute Gasteiger partial charge is 0.357 e. The van der Waals surface area contributed by atoms with Crippen molar-refractivity contribution in [1.82, 2.24) is 15.5 Å². The molecule has 4 nitrogen and oxygen atoms in total. The molecule has 4 rings (SSSR count). The Kier molecular flexibility index (Phi) is 7.42. The van der Waals surface area contributed by atoms with Crippen LogP contribution < -0.4 is 10.6 Å². The second-order valence-electron chi connectivity index (χ2n) is 8.46.